The molecule has 30 heavy (non-hydrogen) atoms. The molecule has 2 aromatic carbocycles. The number of carbonyl (C=O) groups excluding carboxylic acids is 2. The van der Waals surface area contributed by atoms with E-state index in [9.17, 15) is 14.0 Å². The molecule has 158 valence electrons. The van der Waals surface area contributed by atoms with Gasteiger partial charge in [0.05, 0.1) is 12.3 Å². The third kappa shape index (κ3) is 4.31. The maximum Gasteiger partial charge on any atom is 0.249 e. The first kappa shape index (κ1) is 20.3. The van der Waals surface area contributed by atoms with E-state index in [1.54, 1.807) is 21.9 Å². The van der Waals surface area contributed by atoms with Crippen molar-refractivity contribution in [1.82, 2.24) is 9.80 Å². The fourth-order valence-corrected chi connectivity index (χ4v) is 3.98. The average Bonchev–Trinajstić information content (AvgIpc) is 2.77. The van der Waals surface area contributed by atoms with Crippen molar-refractivity contribution in [1.29, 1.82) is 0 Å². The minimum atomic E-state index is -0.632. The lowest BCUT2D eigenvalue weighted by molar-refractivity contribution is -0.160. The lowest BCUT2D eigenvalue weighted by atomic mass is 10.1. The van der Waals surface area contributed by atoms with Crippen LogP contribution in [0.1, 0.15) is 11.1 Å². The Labute approximate surface area is 175 Å². The monoisotopic (exact) mass is 411 g/mol. The topological polar surface area (TPSA) is 53.1 Å². The van der Waals surface area contributed by atoms with Gasteiger partial charge in [-0.3, -0.25) is 9.59 Å². The van der Waals surface area contributed by atoms with E-state index < -0.39 is 6.04 Å². The van der Waals surface area contributed by atoms with Crippen LogP contribution in [0, 0.1) is 12.7 Å². The highest BCUT2D eigenvalue weighted by Gasteiger charge is 2.37. The minimum absolute atomic E-state index is 0.00327. The number of carbonyl (C=O) groups is 2. The summed E-state index contributed by atoms with van der Waals surface area (Å²) in [6.07, 6.45) is 0. The van der Waals surface area contributed by atoms with Gasteiger partial charge in [0.25, 0.3) is 0 Å². The Morgan fingerprint density at radius 3 is 2.47 bits per heavy atom. The fourth-order valence-electron chi connectivity index (χ4n) is 3.98. The molecule has 0 radical (unpaired) electrons. The van der Waals surface area contributed by atoms with E-state index in [1.165, 1.54) is 6.07 Å². The van der Waals surface area contributed by atoms with Crippen molar-refractivity contribution in [2.75, 3.05) is 44.3 Å². The lowest BCUT2D eigenvalue weighted by Gasteiger charge is -2.41. The van der Waals surface area contributed by atoms with Crippen LogP contribution in [-0.2, 0) is 20.9 Å². The predicted octanol–water partition coefficient (Wildman–Crippen LogP) is 2.21. The van der Waals surface area contributed by atoms with E-state index in [1.807, 2.05) is 42.2 Å². The van der Waals surface area contributed by atoms with Crippen LogP contribution in [0.25, 0.3) is 0 Å². The molecule has 2 aromatic rings. The molecule has 6 nitrogen and oxygen atoms in total. The summed E-state index contributed by atoms with van der Waals surface area (Å²) in [4.78, 5) is 31.1. The van der Waals surface area contributed by atoms with Crippen LogP contribution in [0.2, 0.25) is 0 Å². The number of amides is 2. The standard InChI is InChI=1S/C23H26FN3O3/c1-17-6-8-18(9-7-17)14-27-21(15-30-16-22(27)28)23(29)26-12-10-25(11-13-26)20-5-3-2-4-19(20)24/h2-9,21H,10-16H2,1H3/t21-/m0/s1. The van der Waals surface area contributed by atoms with Gasteiger partial charge in [0.15, 0.2) is 0 Å². The first-order valence-electron chi connectivity index (χ1n) is 10.2. The zero-order chi connectivity index (χ0) is 21.1. The molecule has 1 atom stereocenters. The zero-order valence-corrected chi connectivity index (χ0v) is 17.1. The first-order valence-corrected chi connectivity index (χ1v) is 10.2. The van der Waals surface area contributed by atoms with Crippen molar-refractivity contribution in [2.24, 2.45) is 0 Å². The summed E-state index contributed by atoms with van der Waals surface area (Å²) in [5.74, 6) is -0.540. The number of hydrogen-bond acceptors (Lipinski definition) is 4. The van der Waals surface area contributed by atoms with E-state index in [0.29, 0.717) is 38.4 Å². The van der Waals surface area contributed by atoms with Crippen LogP contribution in [0.5, 0.6) is 0 Å². The number of anilines is 1. The maximum absolute atomic E-state index is 14.1. The summed E-state index contributed by atoms with van der Waals surface area (Å²) >= 11 is 0. The Morgan fingerprint density at radius 1 is 1.07 bits per heavy atom. The summed E-state index contributed by atoms with van der Waals surface area (Å²) in [6.45, 7) is 4.65. The number of benzene rings is 2. The van der Waals surface area contributed by atoms with Crippen LogP contribution in [0.15, 0.2) is 48.5 Å². The SMILES string of the molecule is Cc1ccc(CN2C(=O)COC[C@H]2C(=O)N2CCN(c3ccccc3F)CC2)cc1. The molecule has 0 saturated carbocycles. The molecule has 0 aliphatic carbocycles. The van der Waals surface area contributed by atoms with Crippen molar-refractivity contribution in [2.45, 2.75) is 19.5 Å². The number of halogens is 1. The van der Waals surface area contributed by atoms with Gasteiger partial charge in [-0.2, -0.15) is 0 Å². The van der Waals surface area contributed by atoms with Gasteiger partial charge < -0.3 is 19.4 Å². The third-order valence-electron chi connectivity index (χ3n) is 5.74. The van der Waals surface area contributed by atoms with E-state index in [0.717, 1.165) is 11.1 Å². The normalized spacial score (nSPS) is 19.9. The molecular weight excluding hydrogens is 385 g/mol. The summed E-state index contributed by atoms with van der Waals surface area (Å²) in [5.41, 5.74) is 2.69. The van der Waals surface area contributed by atoms with Gasteiger partial charge in [0, 0.05) is 32.7 Å². The van der Waals surface area contributed by atoms with Crippen LogP contribution in [0.3, 0.4) is 0 Å². The van der Waals surface area contributed by atoms with E-state index >= 15 is 0 Å². The van der Waals surface area contributed by atoms with Crippen molar-refractivity contribution in [3.8, 4) is 0 Å². The van der Waals surface area contributed by atoms with E-state index in [4.69, 9.17) is 4.74 Å². The fraction of sp³-hybridized carbons (Fsp3) is 0.391. The number of aryl methyl sites for hydroxylation is 1. The van der Waals surface area contributed by atoms with Gasteiger partial charge >= 0.3 is 0 Å². The largest absolute Gasteiger partial charge is 0.369 e. The highest BCUT2D eigenvalue weighted by Crippen LogP contribution is 2.22. The predicted molar refractivity (Wildman–Crippen MR) is 112 cm³/mol. The number of morpholine rings is 1. The van der Waals surface area contributed by atoms with Crippen molar-refractivity contribution < 1.29 is 18.7 Å². The molecule has 0 unspecified atom stereocenters. The van der Waals surface area contributed by atoms with Crippen LogP contribution in [0.4, 0.5) is 10.1 Å². The number of nitrogens with zero attached hydrogens (tertiary/aromatic N) is 3. The number of rotatable bonds is 4. The summed E-state index contributed by atoms with van der Waals surface area (Å²) in [6, 6.07) is 14.0. The zero-order valence-electron chi connectivity index (χ0n) is 17.1. The number of hydrogen-bond donors (Lipinski definition) is 0. The lowest BCUT2D eigenvalue weighted by Crippen LogP contribution is -2.59. The highest BCUT2D eigenvalue weighted by molar-refractivity contribution is 5.89. The van der Waals surface area contributed by atoms with Gasteiger partial charge in [-0.1, -0.05) is 42.0 Å². The molecule has 0 bridgehead atoms. The summed E-state index contributed by atoms with van der Waals surface area (Å²) < 4.78 is 19.5. The van der Waals surface area contributed by atoms with E-state index in [2.05, 4.69) is 0 Å². The van der Waals surface area contributed by atoms with E-state index in [-0.39, 0.29) is 30.8 Å². The van der Waals surface area contributed by atoms with Crippen LogP contribution >= 0.6 is 0 Å². The molecule has 2 aliphatic heterocycles. The number of ether oxygens (including phenoxy) is 1. The van der Waals surface area contributed by atoms with Gasteiger partial charge in [-0.05, 0) is 24.6 Å². The molecule has 2 fully saturated rings. The number of piperazine rings is 1. The second-order valence-corrected chi connectivity index (χ2v) is 7.80. The molecule has 4 rings (SSSR count). The Morgan fingerprint density at radius 2 is 1.77 bits per heavy atom. The molecular formula is C23H26FN3O3. The molecule has 2 aliphatic rings. The van der Waals surface area contributed by atoms with Gasteiger partial charge in [0.1, 0.15) is 18.5 Å². The first-order chi connectivity index (χ1) is 14.5. The average molecular weight is 411 g/mol. The molecule has 0 aromatic heterocycles. The maximum atomic E-state index is 14.1. The second-order valence-electron chi connectivity index (χ2n) is 7.80. The smallest absolute Gasteiger partial charge is 0.249 e. The number of para-hydroxylation sites is 1. The summed E-state index contributed by atoms with van der Waals surface area (Å²) in [5, 5.41) is 0. The van der Waals surface area contributed by atoms with Crippen molar-refractivity contribution in [3.63, 3.8) is 0 Å². The molecule has 2 heterocycles. The molecule has 0 spiro atoms. The summed E-state index contributed by atoms with van der Waals surface area (Å²) in [7, 11) is 0. The Hall–Kier alpha value is -2.93. The van der Waals surface area contributed by atoms with Crippen molar-refractivity contribution >= 4 is 17.5 Å². The Bertz CT molecular complexity index is 910. The molecule has 2 amide bonds. The highest BCUT2D eigenvalue weighted by atomic mass is 19.1. The van der Waals surface area contributed by atoms with Crippen LogP contribution in [-0.4, -0.2) is 67.0 Å². The van der Waals surface area contributed by atoms with Crippen molar-refractivity contribution in [3.05, 3.63) is 65.5 Å². The molecule has 7 heteroatoms. The Balaban J connectivity index is 1.43. The van der Waals surface area contributed by atoms with Gasteiger partial charge in [-0.25, -0.2) is 4.39 Å². The van der Waals surface area contributed by atoms with Gasteiger partial charge in [-0.15, -0.1) is 0 Å². The molecule has 0 N–H and O–H groups in total. The molecule has 2 saturated heterocycles. The van der Waals surface area contributed by atoms with Crippen LogP contribution < -0.4 is 4.90 Å². The minimum Gasteiger partial charge on any atom is -0.369 e. The quantitative estimate of drug-likeness (QED) is 0.774. The van der Waals surface area contributed by atoms with Gasteiger partial charge in [0.2, 0.25) is 11.8 Å². The second kappa shape index (κ2) is 8.83. The third-order valence-corrected chi connectivity index (χ3v) is 5.74. The Kier molecular flexibility index (Phi) is 5.99.